The van der Waals surface area contributed by atoms with E-state index in [1.807, 2.05) is 25.5 Å². The fourth-order valence-corrected chi connectivity index (χ4v) is 4.07. The summed E-state index contributed by atoms with van der Waals surface area (Å²) < 4.78 is 69.2. The Bertz CT molecular complexity index is 1300. The summed E-state index contributed by atoms with van der Waals surface area (Å²) in [4.78, 5) is 13.5. The van der Waals surface area contributed by atoms with Crippen molar-refractivity contribution in [1.82, 2.24) is 24.7 Å². The lowest BCUT2D eigenvalue weighted by Crippen LogP contribution is -2.28. The minimum Gasteiger partial charge on any atom is -0.354 e. The van der Waals surface area contributed by atoms with Gasteiger partial charge in [-0.1, -0.05) is 34.6 Å². The number of nitrogens with zero attached hydrogens (tertiary/aromatic N) is 5. The fraction of sp³-hybridized carbons (Fsp3) is 0.545. The minimum atomic E-state index is -5.94. The molecule has 12 heteroatoms. The summed E-state index contributed by atoms with van der Waals surface area (Å²) in [7, 11) is -5.94. The zero-order chi connectivity index (χ0) is 25.4. The van der Waals surface area contributed by atoms with Crippen molar-refractivity contribution < 1.29 is 25.8 Å². The second-order valence-electron chi connectivity index (χ2n) is 8.27. The number of hydrogen-bond acceptors (Lipinski definition) is 7. The number of alkyl halides is 3. The first kappa shape index (κ1) is 25.9. The molecule has 34 heavy (non-hydrogen) atoms. The van der Waals surface area contributed by atoms with Gasteiger partial charge < -0.3 is 4.18 Å². The van der Waals surface area contributed by atoms with Gasteiger partial charge in [0, 0.05) is 5.69 Å². The molecule has 3 rings (SSSR count). The summed E-state index contributed by atoms with van der Waals surface area (Å²) in [5.41, 5.74) is -2.88. The van der Waals surface area contributed by atoms with Gasteiger partial charge in [-0.15, -0.1) is 0 Å². The monoisotopic (exact) mass is 499 g/mol. The third-order valence-electron chi connectivity index (χ3n) is 5.59. The van der Waals surface area contributed by atoms with E-state index >= 15 is 0 Å². The number of aryl methyl sites for hydroxylation is 2. The van der Waals surface area contributed by atoms with Gasteiger partial charge in [-0.3, -0.25) is 0 Å². The van der Waals surface area contributed by atoms with Crippen molar-refractivity contribution >= 4 is 21.3 Å². The molecule has 8 nitrogen and oxygen atoms in total. The van der Waals surface area contributed by atoms with Crippen molar-refractivity contribution in [2.45, 2.75) is 78.3 Å². The third-order valence-corrected chi connectivity index (χ3v) is 6.54. The number of fused-ring (bicyclic) bond motifs is 1. The molecule has 186 valence electrons. The van der Waals surface area contributed by atoms with Crippen LogP contribution in [0.5, 0.6) is 5.88 Å². The molecule has 0 saturated heterocycles. The standard InChI is InChI=1S/C22H28F3N5O3S/c1-7-14(8-2)30-20-18(13(6)29-30)28-19(16(9-3)26-20)15-10-11-17(12(4)5)27-21(15)33-34(31,32)22(23,24)25/h10-12,14H,7-9H2,1-6H3. The van der Waals surface area contributed by atoms with E-state index in [0.29, 0.717) is 34.7 Å². The molecule has 3 heterocycles. The van der Waals surface area contributed by atoms with Crippen LogP contribution in [-0.2, 0) is 16.5 Å². The van der Waals surface area contributed by atoms with Gasteiger partial charge in [-0.05, 0) is 44.2 Å². The lowest BCUT2D eigenvalue weighted by atomic mass is 10.1. The molecule has 0 saturated carbocycles. The van der Waals surface area contributed by atoms with E-state index in [4.69, 9.17) is 4.98 Å². The van der Waals surface area contributed by atoms with E-state index in [9.17, 15) is 21.6 Å². The second-order valence-corrected chi connectivity index (χ2v) is 9.81. The van der Waals surface area contributed by atoms with E-state index in [-0.39, 0.29) is 23.2 Å². The highest BCUT2D eigenvalue weighted by Crippen LogP contribution is 2.36. The molecule has 0 spiro atoms. The van der Waals surface area contributed by atoms with Gasteiger partial charge in [0.15, 0.2) is 5.65 Å². The smallest absolute Gasteiger partial charge is 0.354 e. The molecule has 0 bridgehead atoms. The van der Waals surface area contributed by atoms with Crippen LogP contribution in [0.1, 0.15) is 76.5 Å². The van der Waals surface area contributed by atoms with Crippen LogP contribution in [0.2, 0.25) is 0 Å². The summed E-state index contributed by atoms with van der Waals surface area (Å²) in [6.45, 7) is 11.3. The van der Waals surface area contributed by atoms with Gasteiger partial charge in [-0.25, -0.2) is 19.6 Å². The Morgan fingerprint density at radius 1 is 1.06 bits per heavy atom. The molecule has 0 aliphatic heterocycles. The Morgan fingerprint density at radius 3 is 2.24 bits per heavy atom. The van der Waals surface area contributed by atoms with Gasteiger partial charge in [-0.2, -0.15) is 26.7 Å². The van der Waals surface area contributed by atoms with Crippen molar-refractivity contribution in [3.05, 3.63) is 29.2 Å². The van der Waals surface area contributed by atoms with Crippen LogP contribution in [0, 0.1) is 6.92 Å². The van der Waals surface area contributed by atoms with Crippen LogP contribution in [-0.4, -0.2) is 38.7 Å². The first-order chi connectivity index (χ1) is 15.8. The number of aromatic nitrogens is 5. The maximum Gasteiger partial charge on any atom is 0.534 e. The average molecular weight is 500 g/mol. The molecular formula is C22H28F3N5O3S. The Labute approximate surface area is 196 Å². The lowest BCUT2D eigenvalue weighted by molar-refractivity contribution is -0.0501. The quantitative estimate of drug-likeness (QED) is 0.299. The third kappa shape index (κ3) is 4.73. The van der Waals surface area contributed by atoms with Crippen LogP contribution in [0.4, 0.5) is 13.2 Å². The fourth-order valence-electron chi connectivity index (χ4n) is 3.64. The number of hydrogen-bond donors (Lipinski definition) is 0. The molecule has 0 aromatic carbocycles. The van der Waals surface area contributed by atoms with Crippen LogP contribution in [0.15, 0.2) is 12.1 Å². The largest absolute Gasteiger partial charge is 0.534 e. The second kappa shape index (κ2) is 9.47. The summed E-state index contributed by atoms with van der Waals surface area (Å²) in [5, 5.41) is 4.59. The SMILES string of the molecule is CCc1nc2c(nc1-c1ccc(C(C)C)nc1OS(=O)(=O)C(F)(F)F)c(C)nn2C(CC)CC. The summed E-state index contributed by atoms with van der Waals surface area (Å²) >= 11 is 0. The van der Waals surface area contributed by atoms with Crippen molar-refractivity contribution in [2.24, 2.45) is 0 Å². The van der Waals surface area contributed by atoms with E-state index in [0.717, 1.165) is 12.8 Å². The topological polar surface area (TPSA) is 99.9 Å². The van der Waals surface area contributed by atoms with Crippen molar-refractivity contribution in [3.63, 3.8) is 0 Å². The molecule has 0 aliphatic rings. The highest BCUT2D eigenvalue weighted by molar-refractivity contribution is 7.88. The van der Waals surface area contributed by atoms with Crippen molar-refractivity contribution in [2.75, 3.05) is 0 Å². The van der Waals surface area contributed by atoms with E-state index in [2.05, 4.69) is 19.2 Å². The molecule has 0 N–H and O–H groups in total. The van der Waals surface area contributed by atoms with Gasteiger partial charge in [0.05, 0.1) is 28.7 Å². The molecule has 0 aliphatic carbocycles. The number of pyridine rings is 1. The Morgan fingerprint density at radius 2 is 1.71 bits per heavy atom. The first-order valence-corrected chi connectivity index (χ1v) is 12.5. The predicted molar refractivity (Wildman–Crippen MR) is 122 cm³/mol. The molecule has 0 unspecified atom stereocenters. The number of rotatable bonds is 8. The minimum absolute atomic E-state index is 0.0122. The van der Waals surface area contributed by atoms with Gasteiger partial charge >= 0.3 is 15.6 Å². The van der Waals surface area contributed by atoms with E-state index < -0.39 is 21.5 Å². The first-order valence-electron chi connectivity index (χ1n) is 11.1. The Kier molecular flexibility index (Phi) is 7.20. The van der Waals surface area contributed by atoms with Crippen LogP contribution in [0.25, 0.3) is 22.4 Å². The zero-order valence-electron chi connectivity index (χ0n) is 19.9. The highest BCUT2D eigenvalue weighted by Gasteiger charge is 2.49. The summed E-state index contributed by atoms with van der Waals surface area (Å²) in [6.07, 6.45) is 2.07. The van der Waals surface area contributed by atoms with Crippen LogP contribution >= 0.6 is 0 Å². The van der Waals surface area contributed by atoms with Crippen LogP contribution in [0.3, 0.4) is 0 Å². The Hall–Kier alpha value is -2.76. The zero-order valence-corrected chi connectivity index (χ0v) is 20.8. The van der Waals surface area contributed by atoms with E-state index in [1.165, 1.54) is 6.07 Å². The lowest BCUT2D eigenvalue weighted by Gasteiger charge is -2.16. The maximum absolute atomic E-state index is 13.1. The average Bonchev–Trinajstić information content (AvgIpc) is 3.08. The molecule has 3 aromatic heterocycles. The molecule has 0 radical (unpaired) electrons. The van der Waals surface area contributed by atoms with Crippen molar-refractivity contribution in [3.8, 4) is 17.1 Å². The molecule has 0 amide bonds. The summed E-state index contributed by atoms with van der Waals surface area (Å²) in [5.74, 6) is -0.860. The molecule has 0 atom stereocenters. The van der Waals surface area contributed by atoms with Crippen molar-refractivity contribution in [1.29, 1.82) is 0 Å². The van der Waals surface area contributed by atoms with Gasteiger partial charge in [0.2, 0.25) is 5.88 Å². The highest BCUT2D eigenvalue weighted by atomic mass is 32.2. The maximum atomic E-state index is 13.1. The van der Waals surface area contributed by atoms with Crippen LogP contribution < -0.4 is 4.18 Å². The summed E-state index contributed by atoms with van der Waals surface area (Å²) in [6, 6.07) is 3.20. The normalized spacial score (nSPS) is 12.8. The molecule has 0 fully saturated rings. The predicted octanol–water partition coefficient (Wildman–Crippen LogP) is 5.47. The number of halogens is 3. The Balaban J connectivity index is 2.29. The van der Waals surface area contributed by atoms with Gasteiger partial charge in [0.1, 0.15) is 5.52 Å². The van der Waals surface area contributed by atoms with Gasteiger partial charge in [0.25, 0.3) is 0 Å². The van der Waals surface area contributed by atoms with E-state index in [1.54, 1.807) is 26.8 Å². The molecule has 3 aromatic rings. The molecular weight excluding hydrogens is 471 g/mol.